The van der Waals surface area contributed by atoms with E-state index in [-0.39, 0.29) is 6.10 Å². The van der Waals surface area contributed by atoms with Gasteiger partial charge in [0.2, 0.25) is 0 Å². The van der Waals surface area contributed by atoms with Gasteiger partial charge in [-0.3, -0.25) is 5.10 Å². The van der Waals surface area contributed by atoms with E-state index in [1.165, 1.54) is 5.56 Å². The number of aromatic nitrogens is 2. The zero-order valence-electron chi connectivity index (χ0n) is 10.7. The summed E-state index contributed by atoms with van der Waals surface area (Å²) in [5.74, 6) is 0.493. The lowest BCUT2D eigenvalue weighted by Gasteiger charge is -2.14. The lowest BCUT2D eigenvalue weighted by molar-refractivity contribution is 0.163. The van der Waals surface area contributed by atoms with Gasteiger partial charge >= 0.3 is 0 Å². The van der Waals surface area contributed by atoms with E-state index < -0.39 is 0 Å². The van der Waals surface area contributed by atoms with Gasteiger partial charge < -0.3 is 10.4 Å². The Morgan fingerprint density at radius 2 is 2.06 bits per heavy atom. The van der Waals surface area contributed by atoms with E-state index in [0.717, 1.165) is 30.9 Å². The minimum absolute atomic E-state index is 0.214. The first kappa shape index (κ1) is 13.2. The summed E-state index contributed by atoms with van der Waals surface area (Å²) in [6.45, 7) is 9.80. The van der Waals surface area contributed by atoms with Crippen molar-refractivity contribution >= 4 is 0 Å². The fourth-order valence-corrected chi connectivity index (χ4v) is 1.94. The zero-order chi connectivity index (χ0) is 12.1. The molecule has 0 fully saturated rings. The number of aliphatic hydroxyl groups is 1. The van der Waals surface area contributed by atoms with E-state index in [4.69, 9.17) is 0 Å². The molecule has 0 amide bonds. The summed E-state index contributed by atoms with van der Waals surface area (Å²) in [4.78, 5) is 0. The molecule has 0 aliphatic heterocycles. The molecule has 0 bridgehead atoms. The van der Waals surface area contributed by atoms with Gasteiger partial charge in [-0.1, -0.05) is 6.92 Å². The predicted octanol–water partition coefficient (Wildman–Crippen LogP) is 1.52. The lowest BCUT2D eigenvalue weighted by atomic mass is 10.0. The van der Waals surface area contributed by atoms with E-state index in [0.29, 0.717) is 5.92 Å². The molecule has 0 saturated carbocycles. The van der Waals surface area contributed by atoms with Crippen LogP contribution in [0.4, 0.5) is 0 Å². The first-order chi connectivity index (χ1) is 7.50. The molecule has 0 spiro atoms. The molecule has 1 aromatic rings. The Morgan fingerprint density at radius 3 is 2.56 bits per heavy atom. The Hall–Kier alpha value is -0.870. The van der Waals surface area contributed by atoms with Crippen LogP contribution in [0.25, 0.3) is 0 Å². The van der Waals surface area contributed by atoms with Gasteiger partial charge in [-0.05, 0) is 39.7 Å². The minimum Gasteiger partial charge on any atom is -0.393 e. The third kappa shape index (κ3) is 3.94. The van der Waals surface area contributed by atoms with E-state index in [2.05, 4.69) is 22.4 Å². The summed E-state index contributed by atoms with van der Waals surface area (Å²) in [6, 6.07) is 0. The Morgan fingerprint density at radius 1 is 1.38 bits per heavy atom. The summed E-state index contributed by atoms with van der Waals surface area (Å²) in [7, 11) is 0. The SMILES string of the molecule is Cc1n[nH]c(C)c1CNCC(C)CC(C)O. The van der Waals surface area contributed by atoms with Gasteiger partial charge in [0, 0.05) is 17.8 Å². The van der Waals surface area contributed by atoms with E-state index in [1.807, 2.05) is 20.8 Å². The highest BCUT2D eigenvalue weighted by Gasteiger charge is 2.08. The number of hydrogen-bond acceptors (Lipinski definition) is 3. The van der Waals surface area contributed by atoms with Gasteiger partial charge in [0.25, 0.3) is 0 Å². The second-order valence-corrected chi connectivity index (χ2v) is 4.73. The van der Waals surface area contributed by atoms with Crippen LogP contribution < -0.4 is 5.32 Å². The molecule has 2 atom stereocenters. The van der Waals surface area contributed by atoms with Gasteiger partial charge in [-0.25, -0.2) is 0 Å². The number of aliphatic hydroxyl groups excluding tert-OH is 1. The highest BCUT2D eigenvalue weighted by Crippen LogP contribution is 2.09. The van der Waals surface area contributed by atoms with Gasteiger partial charge in [0.05, 0.1) is 11.8 Å². The third-order valence-corrected chi connectivity index (χ3v) is 2.82. The van der Waals surface area contributed by atoms with Crippen LogP contribution in [0, 0.1) is 19.8 Å². The fraction of sp³-hybridized carbons (Fsp3) is 0.750. The van der Waals surface area contributed by atoms with Crippen molar-refractivity contribution in [2.45, 2.75) is 46.8 Å². The molecular weight excluding hydrogens is 202 g/mol. The Bertz CT molecular complexity index is 301. The molecular formula is C12H23N3O. The van der Waals surface area contributed by atoms with Gasteiger partial charge in [-0.2, -0.15) is 5.10 Å². The molecule has 16 heavy (non-hydrogen) atoms. The molecule has 0 radical (unpaired) electrons. The van der Waals surface area contributed by atoms with Crippen molar-refractivity contribution < 1.29 is 5.11 Å². The van der Waals surface area contributed by atoms with Crippen molar-refractivity contribution in [2.24, 2.45) is 5.92 Å². The van der Waals surface area contributed by atoms with Crippen LogP contribution in [-0.2, 0) is 6.54 Å². The molecule has 0 saturated heterocycles. The van der Waals surface area contributed by atoms with E-state index in [9.17, 15) is 5.11 Å². The van der Waals surface area contributed by atoms with Crippen molar-refractivity contribution in [2.75, 3.05) is 6.54 Å². The molecule has 0 aliphatic rings. The number of hydrogen-bond donors (Lipinski definition) is 3. The fourth-order valence-electron chi connectivity index (χ4n) is 1.94. The highest BCUT2D eigenvalue weighted by atomic mass is 16.3. The van der Waals surface area contributed by atoms with Gasteiger partial charge in [-0.15, -0.1) is 0 Å². The molecule has 92 valence electrons. The van der Waals surface area contributed by atoms with Crippen LogP contribution in [0.1, 0.15) is 37.2 Å². The number of aromatic amines is 1. The Balaban J connectivity index is 2.30. The maximum absolute atomic E-state index is 9.25. The summed E-state index contributed by atoms with van der Waals surface area (Å²) in [6.07, 6.45) is 0.630. The smallest absolute Gasteiger partial charge is 0.0638 e. The quantitative estimate of drug-likeness (QED) is 0.688. The summed E-state index contributed by atoms with van der Waals surface area (Å²) in [5, 5.41) is 19.8. The molecule has 0 aromatic carbocycles. The maximum atomic E-state index is 9.25. The highest BCUT2D eigenvalue weighted by molar-refractivity contribution is 5.22. The normalized spacial score (nSPS) is 15.1. The second kappa shape index (κ2) is 6.01. The Labute approximate surface area is 97.5 Å². The molecule has 1 heterocycles. The number of aryl methyl sites for hydroxylation is 2. The van der Waals surface area contributed by atoms with Crippen molar-refractivity contribution in [1.29, 1.82) is 0 Å². The topological polar surface area (TPSA) is 60.9 Å². The van der Waals surface area contributed by atoms with Crippen LogP contribution in [-0.4, -0.2) is 28.0 Å². The van der Waals surface area contributed by atoms with Crippen molar-refractivity contribution in [3.63, 3.8) is 0 Å². The van der Waals surface area contributed by atoms with Crippen LogP contribution in [0.5, 0.6) is 0 Å². The predicted molar refractivity (Wildman–Crippen MR) is 65.2 cm³/mol. The molecule has 4 nitrogen and oxygen atoms in total. The summed E-state index contributed by atoms with van der Waals surface area (Å²) in [5.41, 5.74) is 3.45. The third-order valence-electron chi connectivity index (χ3n) is 2.82. The Kier molecular flexibility index (Phi) is 4.96. The summed E-state index contributed by atoms with van der Waals surface area (Å²) < 4.78 is 0. The number of rotatable bonds is 6. The molecule has 1 aromatic heterocycles. The maximum Gasteiger partial charge on any atom is 0.0638 e. The monoisotopic (exact) mass is 225 g/mol. The average molecular weight is 225 g/mol. The number of nitrogens with zero attached hydrogens (tertiary/aromatic N) is 1. The standard InChI is InChI=1S/C12H23N3O/c1-8(5-9(2)16)6-13-7-12-10(3)14-15-11(12)4/h8-9,13,16H,5-7H2,1-4H3,(H,14,15). The lowest BCUT2D eigenvalue weighted by Crippen LogP contribution is -2.23. The largest absolute Gasteiger partial charge is 0.393 e. The molecule has 3 N–H and O–H groups in total. The van der Waals surface area contributed by atoms with Crippen LogP contribution in [0.2, 0.25) is 0 Å². The van der Waals surface area contributed by atoms with Crippen molar-refractivity contribution in [3.05, 3.63) is 17.0 Å². The van der Waals surface area contributed by atoms with E-state index in [1.54, 1.807) is 0 Å². The minimum atomic E-state index is -0.214. The first-order valence-electron chi connectivity index (χ1n) is 5.90. The number of H-pyrrole nitrogens is 1. The van der Waals surface area contributed by atoms with Crippen LogP contribution >= 0.6 is 0 Å². The summed E-state index contributed by atoms with van der Waals surface area (Å²) >= 11 is 0. The molecule has 0 aliphatic carbocycles. The molecule has 4 heteroatoms. The van der Waals surface area contributed by atoms with Crippen molar-refractivity contribution in [3.8, 4) is 0 Å². The van der Waals surface area contributed by atoms with Crippen molar-refractivity contribution in [1.82, 2.24) is 15.5 Å². The second-order valence-electron chi connectivity index (χ2n) is 4.73. The van der Waals surface area contributed by atoms with Gasteiger partial charge in [0.15, 0.2) is 0 Å². The van der Waals surface area contributed by atoms with Gasteiger partial charge in [0.1, 0.15) is 0 Å². The average Bonchev–Trinajstić information content (AvgIpc) is 2.47. The zero-order valence-corrected chi connectivity index (χ0v) is 10.7. The van der Waals surface area contributed by atoms with E-state index >= 15 is 0 Å². The number of nitrogens with one attached hydrogen (secondary N) is 2. The van der Waals surface area contributed by atoms with Crippen LogP contribution in [0.15, 0.2) is 0 Å². The van der Waals surface area contributed by atoms with Crippen LogP contribution in [0.3, 0.4) is 0 Å². The first-order valence-corrected chi connectivity index (χ1v) is 5.90. The molecule has 2 unspecified atom stereocenters. The molecule has 1 rings (SSSR count).